The summed E-state index contributed by atoms with van der Waals surface area (Å²) < 4.78 is 22.1. The van der Waals surface area contributed by atoms with Crippen LogP contribution in [0, 0.1) is 0 Å². The SMILES string of the molecule is CCCCCC/C=C/C=C/CCCCCCCC(=O)O[C@H](COC(=O)CCCCCCCCCCCCCC)CO[C@@H]1O[C@H](CO)[C@H](O)C(O)C1O. The monoisotopic (exact) mass is 741 g/mol. The van der Waals surface area contributed by atoms with Crippen molar-refractivity contribution in [2.24, 2.45) is 0 Å². The first-order valence-corrected chi connectivity index (χ1v) is 20.9. The average Bonchev–Trinajstić information content (AvgIpc) is 3.14. The maximum Gasteiger partial charge on any atom is 0.306 e. The lowest BCUT2D eigenvalue weighted by atomic mass is 9.99. The number of esters is 2. The lowest BCUT2D eigenvalue weighted by Crippen LogP contribution is -2.59. The van der Waals surface area contributed by atoms with E-state index in [-0.39, 0.29) is 32.0 Å². The molecule has 1 heterocycles. The quantitative estimate of drug-likeness (QED) is 0.0289. The highest BCUT2D eigenvalue weighted by Gasteiger charge is 2.44. The Morgan fingerprint density at radius 1 is 0.596 bits per heavy atom. The maximum atomic E-state index is 12.7. The number of carbonyl (C=O) groups excluding carboxylic acids is 2. The van der Waals surface area contributed by atoms with E-state index in [1.165, 1.54) is 83.5 Å². The van der Waals surface area contributed by atoms with Gasteiger partial charge in [-0.05, 0) is 38.5 Å². The van der Waals surface area contributed by atoms with Gasteiger partial charge < -0.3 is 39.4 Å². The van der Waals surface area contributed by atoms with Crippen LogP contribution in [-0.2, 0) is 28.5 Å². The Morgan fingerprint density at radius 2 is 1.06 bits per heavy atom. The van der Waals surface area contributed by atoms with Crippen molar-refractivity contribution in [1.29, 1.82) is 0 Å². The van der Waals surface area contributed by atoms with Crippen LogP contribution in [-0.4, -0.2) is 89.0 Å². The van der Waals surface area contributed by atoms with E-state index in [1.807, 2.05) is 0 Å². The van der Waals surface area contributed by atoms with Crippen LogP contribution in [0.15, 0.2) is 24.3 Å². The highest BCUT2D eigenvalue weighted by atomic mass is 16.7. The van der Waals surface area contributed by atoms with Crippen molar-refractivity contribution >= 4 is 11.9 Å². The molecule has 10 heteroatoms. The summed E-state index contributed by atoms with van der Waals surface area (Å²) in [5.74, 6) is -0.821. The van der Waals surface area contributed by atoms with Crippen molar-refractivity contribution in [1.82, 2.24) is 0 Å². The van der Waals surface area contributed by atoms with Gasteiger partial charge in [-0.15, -0.1) is 0 Å². The smallest absolute Gasteiger partial charge is 0.306 e. The Hall–Kier alpha value is -1.82. The number of aliphatic hydroxyl groups excluding tert-OH is 4. The van der Waals surface area contributed by atoms with Gasteiger partial charge in [-0.3, -0.25) is 9.59 Å². The molecule has 0 aromatic carbocycles. The molecule has 0 saturated carbocycles. The Labute approximate surface area is 315 Å². The van der Waals surface area contributed by atoms with E-state index in [9.17, 15) is 30.0 Å². The fourth-order valence-electron chi connectivity index (χ4n) is 6.24. The van der Waals surface area contributed by atoms with Gasteiger partial charge in [0.2, 0.25) is 0 Å². The van der Waals surface area contributed by atoms with Gasteiger partial charge in [-0.1, -0.05) is 147 Å². The first-order chi connectivity index (χ1) is 25.3. The van der Waals surface area contributed by atoms with Gasteiger partial charge in [0, 0.05) is 12.8 Å². The number of ether oxygens (including phenoxy) is 4. The number of rotatable bonds is 34. The Kier molecular flexibility index (Phi) is 31.3. The standard InChI is InChI=1S/C42H76O10/c1-3-5-7-9-11-13-15-17-18-19-21-23-25-27-29-31-38(45)51-35(34-50-42-41(48)40(47)39(46)36(32-43)52-42)33-49-37(44)30-28-26-24-22-20-16-14-12-10-8-6-4-2/h13,15,17-18,35-36,39-43,46-48H,3-12,14,16,19-34H2,1-2H3/b15-13+,18-17+/t35-,36-,39+,40?,41?,42-/m1/s1. The van der Waals surface area contributed by atoms with E-state index in [2.05, 4.69) is 38.2 Å². The van der Waals surface area contributed by atoms with Crippen LogP contribution in [0.5, 0.6) is 0 Å². The molecule has 0 radical (unpaired) electrons. The largest absolute Gasteiger partial charge is 0.462 e. The van der Waals surface area contributed by atoms with E-state index in [1.54, 1.807) is 0 Å². The molecular formula is C42H76O10. The number of aliphatic hydroxyl groups is 4. The lowest BCUT2D eigenvalue weighted by molar-refractivity contribution is -0.305. The molecule has 1 aliphatic heterocycles. The fourth-order valence-corrected chi connectivity index (χ4v) is 6.24. The molecule has 1 aliphatic rings. The summed E-state index contributed by atoms with van der Waals surface area (Å²) in [4.78, 5) is 25.2. The highest BCUT2D eigenvalue weighted by molar-refractivity contribution is 5.70. The van der Waals surface area contributed by atoms with E-state index in [4.69, 9.17) is 18.9 Å². The Bertz CT molecular complexity index is 907. The van der Waals surface area contributed by atoms with Crippen molar-refractivity contribution in [3.8, 4) is 0 Å². The summed E-state index contributed by atoms with van der Waals surface area (Å²) in [6, 6.07) is 0. The second-order valence-corrected chi connectivity index (χ2v) is 14.5. The molecule has 1 rings (SSSR count). The van der Waals surface area contributed by atoms with Crippen LogP contribution < -0.4 is 0 Å². The van der Waals surface area contributed by atoms with Crippen LogP contribution in [0.2, 0.25) is 0 Å². The van der Waals surface area contributed by atoms with E-state index < -0.39 is 49.4 Å². The number of carbonyl (C=O) groups is 2. The summed E-state index contributed by atoms with van der Waals surface area (Å²) in [5.41, 5.74) is 0. The third kappa shape index (κ3) is 25.2. The molecule has 0 bridgehead atoms. The van der Waals surface area contributed by atoms with Crippen molar-refractivity contribution in [3.63, 3.8) is 0 Å². The molecule has 0 aliphatic carbocycles. The van der Waals surface area contributed by atoms with E-state index in [0.29, 0.717) is 6.42 Å². The normalized spacial score (nSPS) is 21.2. The predicted molar refractivity (Wildman–Crippen MR) is 206 cm³/mol. The summed E-state index contributed by atoms with van der Waals surface area (Å²) in [5, 5.41) is 40.0. The van der Waals surface area contributed by atoms with Crippen LogP contribution in [0.3, 0.4) is 0 Å². The molecule has 0 spiro atoms. The number of unbranched alkanes of at least 4 members (excludes halogenated alkanes) is 20. The van der Waals surface area contributed by atoms with Crippen LogP contribution in [0.25, 0.3) is 0 Å². The number of allylic oxidation sites excluding steroid dienone is 4. The molecule has 1 fully saturated rings. The zero-order chi connectivity index (χ0) is 38.1. The summed E-state index contributed by atoms with van der Waals surface area (Å²) in [6.45, 7) is 3.38. The van der Waals surface area contributed by atoms with Gasteiger partial charge in [-0.25, -0.2) is 0 Å². The zero-order valence-electron chi connectivity index (χ0n) is 32.8. The maximum absolute atomic E-state index is 12.7. The topological polar surface area (TPSA) is 152 Å². The van der Waals surface area contributed by atoms with Crippen molar-refractivity contribution in [3.05, 3.63) is 24.3 Å². The third-order valence-corrected chi connectivity index (χ3v) is 9.62. The second kappa shape index (κ2) is 33.7. The molecule has 6 atom stereocenters. The minimum absolute atomic E-state index is 0.215. The van der Waals surface area contributed by atoms with Crippen LogP contribution in [0.4, 0.5) is 0 Å². The van der Waals surface area contributed by atoms with Crippen molar-refractivity contribution in [2.75, 3.05) is 19.8 Å². The van der Waals surface area contributed by atoms with Gasteiger partial charge in [0.15, 0.2) is 12.4 Å². The minimum atomic E-state index is -1.59. The first-order valence-electron chi connectivity index (χ1n) is 20.9. The molecule has 2 unspecified atom stereocenters. The summed E-state index contributed by atoms with van der Waals surface area (Å²) in [6.07, 6.45) is 27.5. The first kappa shape index (κ1) is 48.2. The molecule has 0 aromatic rings. The summed E-state index contributed by atoms with van der Waals surface area (Å²) in [7, 11) is 0. The molecule has 0 aromatic heterocycles. The molecule has 52 heavy (non-hydrogen) atoms. The Morgan fingerprint density at radius 3 is 1.58 bits per heavy atom. The van der Waals surface area contributed by atoms with Gasteiger partial charge in [-0.2, -0.15) is 0 Å². The van der Waals surface area contributed by atoms with Crippen LogP contribution >= 0.6 is 0 Å². The molecule has 10 nitrogen and oxygen atoms in total. The molecular weight excluding hydrogens is 664 g/mol. The van der Waals surface area contributed by atoms with Crippen molar-refractivity contribution < 1.29 is 49.0 Å². The van der Waals surface area contributed by atoms with E-state index in [0.717, 1.165) is 57.8 Å². The molecule has 304 valence electrons. The number of hydrogen-bond acceptors (Lipinski definition) is 10. The lowest BCUT2D eigenvalue weighted by Gasteiger charge is -2.39. The van der Waals surface area contributed by atoms with Crippen LogP contribution in [0.1, 0.15) is 174 Å². The average molecular weight is 741 g/mol. The van der Waals surface area contributed by atoms with Gasteiger partial charge in [0.1, 0.15) is 31.0 Å². The highest BCUT2D eigenvalue weighted by Crippen LogP contribution is 2.22. The third-order valence-electron chi connectivity index (χ3n) is 9.62. The van der Waals surface area contributed by atoms with Gasteiger partial charge >= 0.3 is 11.9 Å². The van der Waals surface area contributed by atoms with Gasteiger partial charge in [0.25, 0.3) is 0 Å². The fraction of sp³-hybridized carbons (Fsp3) is 0.857. The molecule has 4 N–H and O–H groups in total. The van der Waals surface area contributed by atoms with Gasteiger partial charge in [0.05, 0.1) is 13.2 Å². The second-order valence-electron chi connectivity index (χ2n) is 14.5. The molecule has 1 saturated heterocycles. The zero-order valence-corrected chi connectivity index (χ0v) is 32.8. The Balaban J connectivity index is 2.38. The number of hydrogen-bond donors (Lipinski definition) is 4. The summed E-state index contributed by atoms with van der Waals surface area (Å²) >= 11 is 0. The van der Waals surface area contributed by atoms with Crippen molar-refractivity contribution in [2.45, 2.75) is 211 Å². The minimum Gasteiger partial charge on any atom is -0.462 e. The predicted octanol–water partition coefficient (Wildman–Crippen LogP) is 8.16. The van der Waals surface area contributed by atoms with E-state index >= 15 is 0 Å². The molecule has 0 amide bonds.